The van der Waals surface area contributed by atoms with Crippen molar-refractivity contribution in [1.82, 2.24) is 4.57 Å². The zero-order valence-corrected chi connectivity index (χ0v) is 10.8. The van der Waals surface area contributed by atoms with Crippen LogP contribution in [-0.2, 0) is 11.3 Å². The topological polar surface area (TPSA) is 62.5 Å². The molecule has 0 fully saturated rings. The molecule has 5 heteroatoms. The summed E-state index contributed by atoms with van der Waals surface area (Å²) in [6, 6.07) is 7.39. The number of aliphatic hydroxyl groups excluding tert-OH is 1. The van der Waals surface area contributed by atoms with Crippen molar-refractivity contribution >= 4 is 32.8 Å². The minimum absolute atomic E-state index is 0.405. The normalized spacial score (nSPS) is 12.9. The molecule has 1 aromatic heterocycles. The molecule has 4 nitrogen and oxygen atoms in total. The Morgan fingerprint density at radius 2 is 2.24 bits per heavy atom. The van der Waals surface area contributed by atoms with E-state index < -0.39 is 12.1 Å². The van der Waals surface area contributed by atoms with E-state index in [0.29, 0.717) is 12.2 Å². The molecule has 2 rings (SSSR count). The molecule has 0 saturated heterocycles. The first-order valence-corrected chi connectivity index (χ1v) is 6.04. The predicted molar refractivity (Wildman–Crippen MR) is 67.9 cm³/mol. The second kappa shape index (κ2) is 4.50. The Kier molecular flexibility index (Phi) is 3.22. The average Bonchev–Trinajstić information content (AvgIpc) is 2.67. The van der Waals surface area contributed by atoms with Crippen LogP contribution in [0, 0.1) is 0 Å². The number of aryl methyl sites for hydroxylation is 1. The lowest BCUT2D eigenvalue weighted by atomic mass is 10.2. The number of halogens is 1. The van der Waals surface area contributed by atoms with Crippen LogP contribution in [0.15, 0.2) is 28.7 Å². The third kappa shape index (κ3) is 1.96. The Morgan fingerprint density at radius 3 is 2.82 bits per heavy atom. The number of aliphatic hydroxyl groups is 1. The van der Waals surface area contributed by atoms with Crippen molar-refractivity contribution in [2.24, 2.45) is 0 Å². The molecule has 0 saturated carbocycles. The molecule has 0 spiro atoms. The molecule has 2 N–H and O–H groups in total. The zero-order chi connectivity index (χ0) is 12.6. The number of hydrogen-bond donors (Lipinski definition) is 2. The highest BCUT2D eigenvalue weighted by molar-refractivity contribution is 9.10. The SMILES string of the molecule is CCn1c(C(O)C(=O)O)cc2c(Br)cccc21. The fourth-order valence-electron chi connectivity index (χ4n) is 1.97. The summed E-state index contributed by atoms with van der Waals surface area (Å²) in [5.74, 6) is -1.24. The number of rotatable bonds is 3. The molecule has 1 heterocycles. The molecule has 0 aliphatic heterocycles. The number of carboxylic acid groups (broad SMARTS) is 1. The maximum absolute atomic E-state index is 10.9. The Bertz CT molecular complexity index is 576. The fourth-order valence-corrected chi connectivity index (χ4v) is 2.44. The third-order valence-corrected chi connectivity index (χ3v) is 3.45. The van der Waals surface area contributed by atoms with E-state index in [2.05, 4.69) is 15.9 Å². The molecule has 1 atom stereocenters. The highest BCUT2D eigenvalue weighted by Crippen LogP contribution is 2.30. The van der Waals surface area contributed by atoms with Gasteiger partial charge in [0.1, 0.15) is 0 Å². The van der Waals surface area contributed by atoms with Gasteiger partial charge in [-0.1, -0.05) is 22.0 Å². The van der Waals surface area contributed by atoms with Crippen LogP contribution >= 0.6 is 15.9 Å². The number of fused-ring (bicyclic) bond motifs is 1. The van der Waals surface area contributed by atoms with Gasteiger partial charge in [-0.3, -0.25) is 0 Å². The van der Waals surface area contributed by atoms with Gasteiger partial charge in [0.15, 0.2) is 6.10 Å². The molecular weight excluding hydrogens is 286 g/mol. The van der Waals surface area contributed by atoms with Crippen molar-refractivity contribution in [3.8, 4) is 0 Å². The van der Waals surface area contributed by atoms with E-state index in [9.17, 15) is 9.90 Å². The second-order valence-electron chi connectivity index (χ2n) is 3.73. The number of nitrogens with zero attached hydrogens (tertiary/aromatic N) is 1. The number of hydrogen-bond acceptors (Lipinski definition) is 2. The summed E-state index contributed by atoms with van der Waals surface area (Å²) in [6.45, 7) is 2.53. The quantitative estimate of drug-likeness (QED) is 0.915. The van der Waals surface area contributed by atoms with Crippen molar-refractivity contribution in [1.29, 1.82) is 0 Å². The van der Waals surface area contributed by atoms with Gasteiger partial charge in [-0.15, -0.1) is 0 Å². The molecule has 1 aromatic carbocycles. The van der Waals surface area contributed by atoms with Crippen molar-refractivity contribution in [2.45, 2.75) is 19.6 Å². The van der Waals surface area contributed by atoms with E-state index in [1.54, 1.807) is 10.6 Å². The standard InChI is InChI=1S/C12H12BrNO3/c1-2-14-9-5-3-4-8(13)7(9)6-10(14)11(15)12(16)17/h3-6,11,15H,2H2,1H3,(H,16,17). The van der Waals surface area contributed by atoms with Crippen LogP contribution in [0.25, 0.3) is 10.9 Å². The second-order valence-corrected chi connectivity index (χ2v) is 4.58. The first-order valence-electron chi connectivity index (χ1n) is 5.24. The van der Waals surface area contributed by atoms with Crippen molar-refractivity contribution in [3.63, 3.8) is 0 Å². The molecule has 1 unspecified atom stereocenters. The van der Waals surface area contributed by atoms with E-state index in [4.69, 9.17) is 5.11 Å². The number of carboxylic acids is 1. The van der Waals surface area contributed by atoms with Crippen LogP contribution in [0.5, 0.6) is 0 Å². The highest BCUT2D eigenvalue weighted by Gasteiger charge is 2.22. The van der Waals surface area contributed by atoms with E-state index in [0.717, 1.165) is 15.4 Å². The smallest absolute Gasteiger partial charge is 0.338 e. The lowest BCUT2D eigenvalue weighted by Crippen LogP contribution is -2.14. The third-order valence-electron chi connectivity index (χ3n) is 2.75. The van der Waals surface area contributed by atoms with Gasteiger partial charge in [0.05, 0.1) is 5.69 Å². The average molecular weight is 298 g/mol. The van der Waals surface area contributed by atoms with Crippen molar-refractivity contribution in [3.05, 3.63) is 34.4 Å². The van der Waals surface area contributed by atoms with E-state index in [1.807, 2.05) is 25.1 Å². The number of benzene rings is 1. The molecular formula is C12H12BrNO3. The number of aliphatic carboxylic acids is 1. The molecule has 0 amide bonds. The Hall–Kier alpha value is -1.33. The summed E-state index contributed by atoms with van der Waals surface area (Å²) in [6.07, 6.45) is -1.49. The van der Waals surface area contributed by atoms with Gasteiger partial charge in [0.2, 0.25) is 0 Å². The number of aromatic nitrogens is 1. The summed E-state index contributed by atoms with van der Waals surface area (Å²) < 4.78 is 2.69. The Labute approximate surface area is 107 Å². The fraction of sp³-hybridized carbons (Fsp3) is 0.250. The monoisotopic (exact) mass is 297 g/mol. The van der Waals surface area contributed by atoms with Crippen LogP contribution < -0.4 is 0 Å². The van der Waals surface area contributed by atoms with Gasteiger partial charge in [0.25, 0.3) is 0 Å². The minimum atomic E-state index is -1.49. The van der Waals surface area contributed by atoms with Crippen LogP contribution in [0.3, 0.4) is 0 Å². The maximum Gasteiger partial charge on any atom is 0.338 e. The molecule has 0 aliphatic rings. The van der Waals surface area contributed by atoms with Crippen LogP contribution in [0.4, 0.5) is 0 Å². The van der Waals surface area contributed by atoms with Gasteiger partial charge in [-0.05, 0) is 25.1 Å². The summed E-state index contributed by atoms with van der Waals surface area (Å²) in [5, 5.41) is 19.4. The first kappa shape index (κ1) is 12.1. The van der Waals surface area contributed by atoms with Crippen molar-refractivity contribution in [2.75, 3.05) is 0 Å². The highest BCUT2D eigenvalue weighted by atomic mass is 79.9. The molecule has 17 heavy (non-hydrogen) atoms. The summed E-state index contributed by atoms with van der Waals surface area (Å²) in [7, 11) is 0. The molecule has 0 aliphatic carbocycles. The Morgan fingerprint density at radius 1 is 1.53 bits per heavy atom. The van der Waals surface area contributed by atoms with Crippen LogP contribution in [-0.4, -0.2) is 20.7 Å². The van der Waals surface area contributed by atoms with Crippen LogP contribution in [0.1, 0.15) is 18.7 Å². The summed E-state index contributed by atoms with van der Waals surface area (Å²) in [4.78, 5) is 10.9. The lowest BCUT2D eigenvalue weighted by molar-refractivity contribution is -0.147. The van der Waals surface area contributed by atoms with E-state index >= 15 is 0 Å². The van der Waals surface area contributed by atoms with E-state index in [1.165, 1.54) is 0 Å². The molecule has 90 valence electrons. The van der Waals surface area contributed by atoms with Gasteiger partial charge >= 0.3 is 5.97 Å². The predicted octanol–water partition coefficient (Wildman–Crippen LogP) is 2.54. The van der Waals surface area contributed by atoms with Gasteiger partial charge < -0.3 is 14.8 Å². The molecule has 0 bridgehead atoms. The summed E-state index contributed by atoms with van der Waals surface area (Å²) >= 11 is 3.42. The Balaban J connectivity index is 2.72. The molecule has 0 radical (unpaired) electrons. The van der Waals surface area contributed by atoms with E-state index in [-0.39, 0.29) is 0 Å². The zero-order valence-electron chi connectivity index (χ0n) is 9.22. The number of carbonyl (C=O) groups is 1. The summed E-state index contributed by atoms with van der Waals surface area (Å²) in [5.41, 5.74) is 1.32. The first-order chi connectivity index (χ1) is 8.06. The van der Waals surface area contributed by atoms with Crippen LogP contribution in [0.2, 0.25) is 0 Å². The minimum Gasteiger partial charge on any atom is -0.479 e. The van der Waals surface area contributed by atoms with Gasteiger partial charge in [0, 0.05) is 21.9 Å². The van der Waals surface area contributed by atoms with Gasteiger partial charge in [-0.2, -0.15) is 0 Å². The van der Waals surface area contributed by atoms with Gasteiger partial charge in [-0.25, -0.2) is 4.79 Å². The maximum atomic E-state index is 10.9. The molecule has 2 aromatic rings. The largest absolute Gasteiger partial charge is 0.479 e. The van der Waals surface area contributed by atoms with Crippen molar-refractivity contribution < 1.29 is 15.0 Å². The lowest BCUT2D eigenvalue weighted by Gasteiger charge is -2.10.